The van der Waals surface area contributed by atoms with Gasteiger partial charge in [0.1, 0.15) is 24.4 Å². The summed E-state index contributed by atoms with van der Waals surface area (Å²) in [7, 11) is -3.92. The number of carbonyl (C=O) groups is 3. The lowest BCUT2D eigenvalue weighted by atomic mass is 10.0. The van der Waals surface area contributed by atoms with Gasteiger partial charge >= 0.3 is 11.9 Å². The van der Waals surface area contributed by atoms with Gasteiger partial charge < -0.3 is 19.9 Å². The smallest absolute Gasteiger partial charge is 0.338 e. The zero-order valence-corrected chi connectivity index (χ0v) is 25.3. The van der Waals surface area contributed by atoms with E-state index in [2.05, 4.69) is 17.2 Å². The van der Waals surface area contributed by atoms with Gasteiger partial charge in [-0.15, -0.1) is 0 Å². The van der Waals surface area contributed by atoms with E-state index in [4.69, 9.17) is 9.47 Å². The van der Waals surface area contributed by atoms with Crippen molar-refractivity contribution in [2.24, 2.45) is 0 Å². The molecule has 0 aliphatic carbocycles. The van der Waals surface area contributed by atoms with Gasteiger partial charge in [-0.05, 0) is 80.8 Å². The largest absolute Gasteiger partial charge is 0.481 e. The van der Waals surface area contributed by atoms with E-state index in [0.29, 0.717) is 41.9 Å². The van der Waals surface area contributed by atoms with Gasteiger partial charge in [-0.1, -0.05) is 41.7 Å². The van der Waals surface area contributed by atoms with Crippen molar-refractivity contribution in [3.05, 3.63) is 95.1 Å². The number of sulfonamides is 1. The van der Waals surface area contributed by atoms with Gasteiger partial charge in [-0.3, -0.25) is 4.79 Å². The van der Waals surface area contributed by atoms with E-state index in [-0.39, 0.29) is 24.5 Å². The lowest BCUT2D eigenvalue weighted by molar-refractivity contribution is -0.142. The Morgan fingerprint density at radius 2 is 1.70 bits per heavy atom. The third-order valence-corrected chi connectivity index (χ3v) is 8.97. The molecule has 1 saturated heterocycles. The minimum absolute atomic E-state index is 0.0110. The molecule has 0 aromatic heterocycles. The average molecular weight is 619 g/mol. The van der Waals surface area contributed by atoms with Gasteiger partial charge in [-0.25, -0.2) is 18.0 Å². The number of ether oxygens (including phenoxy) is 2. The molecular formula is C33H34N2O8S. The molecule has 1 amide bonds. The summed E-state index contributed by atoms with van der Waals surface area (Å²) in [5, 5.41) is 12.4. The highest BCUT2D eigenvalue weighted by Gasteiger charge is 2.40. The van der Waals surface area contributed by atoms with Crippen LogP contribution in [0.4, 0.5) is 0 Å². The first-order valence-corrected chi connectivity index (χ1v) is 15.6. The fourth-order valence-electron chi connectivity index (χ4n) is 4.72. The molecule has 1 aliphatic rings. The molecule has 3 aromatic carbocycles. The van der Waals surface area contributed by atoms with Gasteiger partial charge in [0.05, 0.1) is 17.1 Å². The SMILES string of the molecule is CCOC(=O)c1ccc(OCC#Cc2ccc(C[C@H](NC(=O)[C@@H]3CCCN3S(=O)(=O)c3ccc(C)cc3)C(=O)O)cc2)cc1. The van der Waals surface area contributed by atoms with Gasteiger partial charge in [0, 0.05) is 18.5 Å². The molecule has 230 valence electrons. The van der Waals surface area contributed by atoms with Crippen LogP contribution in [0.25, 0.3) is 0 Å². The van der Waals surface area contributed by atoms with E-state index < -0.39 is 40.0 Å². The molecule has 0 unspecified atom stereocenters. The van der Waals surface area contributed by atoms with Crippen molar-refractivity contribution < 1.29 is 37.4 Å². The molecule has 2 N–H and O–H groups in total. The van der Waals surface area contributed by atoms with E-state index in [1.54, 1.807) is 67.6 Å². The summed E-state index contributed by atoms with van der Waals surface area (Å²) in [5.41, 5.74) is 2.70. The Bertz CT molecular complexity index is 1640. The first-order valence-electron chi connectivity index (χ1n) is 14.2. The lowest BCUT2D eigenvalue weighted by Crippen LogP contribution is -2.51. The van der Waals surface area contributed by atoms with Crippen LogP contribution in [-0.4, -0.2) is 67.5 Å². The van der Waals surface area contributed by atoms with Gasteiger partial charge in [0.15, 0.2) is 0 Å². The van der Waals surface area contributed by atoms with E-state index >= 15 is 0 Å². The van der Waals surface area contributed by atoms with Crippen LogP contribution in [0.2, 0.25) is 0 Å². The minimum atomic E-state index is -3.92. The number of hydrogen-bond acceptors (Lipinski definition) is 7. The van der Waals surface area contributed by atoms with Gasteiger partial charge in [0.25, 0.3) is 0 Å². The molecule has 44 heavy (non-hydrogen) atoms. The van der Waals surface area contributed by atoms with Crippen molar-refractivity contribution in [3.63, 3.8) is 0 Å². The fourth-order valence-corrected chi connectivity index (χ4v) is 6.38. The molecule has 0 bridgehead atoms. The maximum absolute atomic E-state index is 13.2. The number of rotatable bonds is 11. The number of aryl methyl sites for hydroxylation is 1. The minimum Gasteiger partial charge on any atom is -0.481 e. The zero-order valence-electron chi connectivity index (χ0n) is 24.5. The molecule has 11 heteroatoms. The number of carboxylic acid groups (broad SMARTS) is 1. The molecule has 1 fully saturated rings. The summed E-state index contributed by atoms with van der Waals surface area (Å²) in [6, 6.07) is 17.7. The van der Waals surface area contributed by atoms with Gasteiger partial charge in [-0.2, -0.15) is 4.31 Å². The van der Waals surface area contributed by atoms with Crippen molar-refractivity contribution in [3.8, 4) is 17.6 Å². The van der Waals surface area contributed by atoms with Crippen molar-refractivity contribution >= 4 is 27.9 Å². The van der Waals surface area contributed by atoms with E-state index in [1.165, 1.54) is 12.1 Å². The lowest BCUT2D eigenvalue weighted by Gasteiger charge is -2.25. The van der Waals surface area contributed by atoms with Gasteiger partial charge in [0.2, 0.25) is 15.9 Å². The number of esters is 1. The van der Waals surface area contributed by atoms with E-state index in [9.17, 15) is 27.9 Å². The second kappa shape index (κ2) is 14.7. The second-order valence-corrected chi connectivity index (χ2v) is 12.1. The first-order chi connectivity index (χ1) is 21.1. The molecule has 10 nitrogen and oxygen atoms in total. The zero-order chi connectivity index (χ0) is 31.7. The predicted octanol–water partition coefficient (Wildman–Crippen LogP) is 3.57. The molecule has 1 heterocycles. The van der Waals surface area contributed by atoms with Crippen LogP contribution in [0.3, 0.4) is 0 Å². The first kappa shape index (κ1) is 32.3. The number of nitrogens with zero attached hydrogens (tertiary/aromatic N) is 1. The molecule has 4 rings (SSSR count). The number of carboxylic acids is 1. The van der Waals surface area contributed by atoms with Crippen LogP contribution >= 0.6 is 0 Å². The Morgan fingerprint density at radius 1 is 1.02 bits per heavy atom. The molecule has 0 spiro atoms. The fraction of sp³-hybridized carbons (Fsp3) is 0.303. The van der Waals surface area contributed by atoms with Crippen LogP contribution < -0.4 is 10.1 Å². The monoisotopic (exact) mass is 618 g/mol. The Hall–Kier alpha value is -4.66. The maximum Gasteiger partial charge on any atom is 0.338 e. The second-order valence-electron chi connectivity index (χ2n) is 10.2. The maximum atomic E-state index is 13.2. The Labute approximate surface area is 257 Å². The van der Waals surface area contributed by atoms with Crippen molar-refractivity contribution in [2.45, 2.75) is 50.1 Å². The quantitative estimate of drug-likeness (QED) is 0.246. The number of carbonyl (C=O) groups excluding carboxylic acids is 2. The van der Waals surface area contributed by atoms with Crippen molar-refractivity contribution in [1.29, 1.82) is 0 Å². The summed E-state index contributed by atoms with van der Waals surface area (Å²) >= 11 is 0. The van der Waals surface area contributed by atoms with E-state index in [1.807, 2.05) is 6.92 Å². The Kier molecular flexibility index (Phi) is 10.8. The average Bonchev–Trinajstić information content (AvgIpc) is 3.52. The highest BCUT2D eigenvalue weighted by Crippen LogP contribution is 2.26. The Balaban J connectivity index is 1.32. The normalized spacial score (nSPS) is 15.5. The van der Waals surface area contributed by atoms with Crippen LogP contribution in [0.5, 0.6) is 5.75 Å². The van der Waals surface area contributed by atoms with Crippen LogP contribution in [-0.2, 0) is 30.8 Å². The summed E-state index contributed by atoms with van der Waals surface area (Å²) in [4.78, 5) is 37.0. The number of aliphatic carboxylic acids is 1. The Morgan fingerprint density at radius 3 is 2.34 bits per heavy atom. The predicted molar refractivity (Wildman–Crippen MR) is 163 cm³/mol. The molecule has 2 atom stereocenters. The summed E-state index contributed by atoms with van der Waals surface area (Å²) in [6.45, 7) is 4.19. The van der Waals surface area contributed by atoms with Crippen LogP contribution in [0.15, 0.2) is 77.7 Å². The molecule has 0 radical (unpaired) electrons. The summed E-state index contributed by atoms with van der Waals surface area (Å²) in [5.74, 6) is 4.17. The molecule has 0 saturated carbocycles. The third kappa shape index (κ3) is 8.24. The summed E-state index contributed by atoms with van der Waals surface area (Å²) in [6.07, 6.45) is 0.812. The number of amides is 1. The summed E-state index contributed by atoms with van der Waals surface area (Å²) < 4.78 is 38.1. The van der Waals surface area contributed by atoms with Crippen molar-refractivity contribution in [2.75, 3.05) is 19.8 Å². The number of benzene rings is 3. The van der Waals surface area contributed by atoms with Crippen LogP contribution in [0.1, 0.15) is 46.8 Å². The molecule has 3 aromatic rings. The standard InChI is InChI=1S/C33H34N2O8S/c1-3-42-33(39)26-14-16-27(17-15-26)43-21-5-6-24-10-12-25(13-11-24)22-29(32(37)38)34-31(36)30-7-4-20-35(30)44(40,41)28-18-8-23(2)9-19-28/h8-19,29-30H,3-4,7,20-22H2,1-2H3,(H,34,36)(H,37,38)/t29-,30-/m0/s1. The molecular weight excluding hydrogens is 584 g/mol. The number of nitrogens with one attached hydrogen (secondary N) is 1. The highest BCUT2D eigenvalue weighted by molar-refractivity contribution is 7.89. The van der Waals surface area contributed by atoms with E-state index in [0.717, 1.165) is 9.87 Å². The molecule has 1 aliphatic heterocycles. The van der Waals surface area contributed by atoms with Crippen LogP contribution in [0, 0.1) is 18.8 Å². The third-order valence-electron chi connectivity index (χ3n) is 7.05. The highest BCUT2D eigenvalue weighted by atomic mass is 32.2. The van der Waals surface area contributed by atoms with Crippen molar-refractivity contribution in [1.82, 2.24) is 9.62 Å². The topological polar surface area (TPSA) is 139 Å². The number of hydrogen-bond donors (Lipinski definition) is 2.